The van der Waals surface area contributed by atoms with E-state index in [9.17, 15) is 78.6 Å². The third-order valence-electron chi connectivity index (χ3n) is 23.1. The van der Waals surface area contributed by atoms with Crippen molar-refractivity contribution in [2.45, 2.75) is 192 Å². The summed E-state index contributed by atoms with van der Waals surface area (Å²) in [4.78, 5) is 123. The van der Waals surface area contributed by atoms with Gasteiger partial charge in [0.15, 0.2) is 0 Å². The van der Waals surface area contributed by atoms with Gasteiger partial charge in [-0.2, -0.15) is 0 Å². The number of aromatic hydroxyl groups is 5. The Kier molecular flexibility index (Phi) is 33.4. The Labute approximate surface area is 731 Å². The lowest BCUT2D eigenvalue weighted by molar-refractivity contribution is -0.149. The van der Waals surface area contributed by atoms with Gasteiger partial charge in [0.05, 0.1) is 113 Å². The van der Waals surface area contributed by atoms with Gasteiger partial charge in [-0.1, -0.05) is 210 Å². The Morgan fingerprint density at radius 3 is 0.937 bits per heavy atom. The van der Waals surface area contributed by atoms with Crippen molar-refractivity contribution in [3.8, 4) is 28.7 Å². The molecule has 5 heterocycles. The molecule has 13 aromatic rings. The van der Waals surface area contributed by atoms with Crippen LogP contribution >= 0.6 is 0 Å². The average molecular weight is 1730 g/mol. The van der Waals surface area contributed by atoms with Gasteiger partial charge in [-0.3, -0.25) is 24.0 Å². The first-order chi connectivity index (χ1) is 61.3. The minimum atomic E-state index is -0.965. The fraction of sp³-hybridized carbons (Fsp3) is 0.333. The van der Waals surface area contributed by atoms with Crippen molar-refractivity contribution in [2.24, 2.45) is 11.8 Å². The van der Waals surface area contributed by atoms with E-state index in [1.165, 1.54) is 13.5 Å². The molecular formula is C102H106O25. The predicted octanol–water partition coefficient (Wildman–Crippen LogP) is 20.1. The van der Waals surface area contributed by atoms with Gasteiger partial charge in [-0.15, -0.1) is 0 Å². The molecule has 664 valence electrons. The Morgan fingerprint density at radius 2 is 0.638 bits per heavy atom. The molecule has 2 aliphatic rings. The highest BCUT2D eigenvalue weighted by Crippen LogP contribution is 2.46. The van der Waals surface area contributed by atoms with Crippen molar-refractivity contribution in [3.05, 3.63) is 309 Å². The van der Waals surface area contributed by atoms with Crippen LogP contribution in [0.1, 0.15) is 224 Å². The van der Waals surface area contributed by atoms with Crippen LogP contribution in [0, 0.1) is 11.8 Å². The number of aliphatic carboxylic acids is 1. The van der Waals surface area contributed by atoms with Gasteiger partial charge in [0.2, 0.25) is 0 Å². The molecule has 2 fully saturated rings. The van der Waals surface area contributed by atoms with E-state index in [-0.39, 0.29) is 125 Å². The number of carbonyl (C=O) groups is 5. The summed E-state index contributed by atoms with van der Waals surface area (Å²) in [5, 5.41) is 65.1. The van der Waals surface area contributed by atoms with Gasteiger partial charge >= 0.3 is 58.0 Å². The average Bonchev–Trinajstić information content (AvgIpc) is 0.795. The van der Waals surface area contributed by atoms with Crippen molar-refractivity contribution in [2.75, 3.05) is 13.7 Å². The second kappa shape index (κ2) is 45.2. The quantitative estimate of drug-likeness (QED) is 0.0127. The number of hydrogen-bond acceptors (Lipinski definition) is 24. The number of methoxy groups -OCH3 is 1. The summed E-state index contributed by atoms with van der Waals surface area (Å²) >= 11 is 0. The standard InChI is InChI=1S/2C22H22O5.C21H20O5.C19H22O5.C18H20O5/c1-3-14(2)26-19(23)13-17(15-9-5-4-6-10-15)20-21(24)16-11-7-8-12-18(16)27-22(20)25;1-2-3-13-26-19(23)14-17(15-9-5-4-6-10-15)20-21(24)16-11-7-8-12-18(16)27-22(20)25;1-13(2)25-18(22)12-16(14-8-4-3-5-9-14)19-20(23)15-10-6-7-11-17(15)26-21(19)24;1-23-16(20)11-14(12-7-3-2-4-8-12)17-18(21)13-9-5-6-10-15(13)24-19(17)22;19-15(20)10-13(11-6-2-1-3-7-11)16-17(21)12-8-4-5-9-14(12)23-18(16)22/h4-12,14,17,24H,3,13H2,1-2H3;4-12,17,24H,2-3,13-14H2,1H3;3-11,13,16,23H,12H2,1-2H3;5-6,9-10,12,14,21H,2-4,7-8,11H2,1H3;4-5,8-9,11,13,21H,1-3,6-7,10H2,(H,19,20). The van der Waals surface area contributed by atoms with Crippen LogP contribution in [0.25, 0.3) is 54.8 Å². The summed E-state index contributed by atoms with van der Waals surface area (Å²) in [7, 11) is 1.34. The first kappa shape index (κ1) is 93.8. The molecule has 2 saturated carbocycles. The fourth-order valence-corrected chi connectivity index (χ4v) is 16.6. The number of carboxylic acid groups (broad SMARTS) is 1. The minimum Gasteiger partial charge on any atom is -0.507 e. The third-order valence-corrected chi connectivity index (χ3v) is 23.1. The molecule has 6 unspecified atom stereocenters. The number of unbranched alkanes of at least 4 members (excludes halogenated alkanes) is 1. The molecule has 0 radical (unpaired) electrons. The zero-order valence-electron chi connectivity index (χ0n) is 71.8. The van der Waals surface area contributed by atoms with Gasteiger partial charge in [-0.25, -0.2) is 24.0 Å². The van der Waals surface area contributed by atoms with Gasteiger partial charge < -0.3 is 71.7 Å². The van der Waals surface area contributed by atoms with Crippen molar-refractivity contribution in [1.29, 1.82) is 0 Å². The summed E-state index contributed by atoms with van der Waals surface area (Å²) < 4.78 is 47.6. The molecule has 2 aliphatic carbocycles. The van der Waals surface area contributed by atoms with Gasteiger partial charge in [0, 0.05) is 29.6 Å². The maximum Gasteiger partial charge on any atom is 0.343 e. The van der Waals surface area contributed by atoms with E-state index in [1.54, 1.807) is 147 Å². The molecule has 25 nitrogen and oxygen atoms in total. The molecule has 25 heteroatoms. The molecule has 6 atom stereocenters. The van der Waals surface area contributed by atoms with Crippen molar-refractivity contribution in [1.82, 2.24) is 0 Å². The highest BCUT2D eigenvalue weighted by molar-refractivity contribution is 5.89. The number of rotatable bonds is 26. The Hall–Kier alpha value is -13.8. The van der Waals surface area contributed by atoms with E-state index in [0.717, 1.165) is 87.3 Å². The molecule has 8 aromatic carbocycles. The lowest BCUT2D eigenvalue weighted by Crippen LogP contribution is -2.25. The molecule has 5 aromatic heterocycles. The summed E-state index contributed by atoms with van der Waals surface area (Å²) in [6.07, 6.45) is 11.8. The smallest absolute Gasteiger partial charge is 0.343 e. The van der Waals surface area contributed by atoms with Crippen molar-refractivity contribution >= 4 is 84.7 Å². The van der Waals surface area contributed by atoms with E-state index in [0.29, 0.717) is 67.9 Å². The Balaban J connectivity index is 0.000000154. The number of carboxylic acids is 1. The summed E-state index contributed by atoms with van der Waals surface area (Å²) in [6.45, 7) is 9.62. The van der Waals surface area contributed by atoms with E-state index in [1.807, 2.05) is 99.6 Å². The van der Waals surface area contributed by atoms with Crippen LogP contribution in [0.3, 0.4) is 0 Å². The van der Waals surface area contributed by atoms with Crippen LogP contribution in [0.5, 0.6) is 28.7 Å². The lowest BCUT2D eigenvalue weighted by atomic mass is 9.75. The van der Waals surface area contributed by atoms with E-state index >= 15 is 0 Å². The molecular weight excluding hydrogens is 1630 g/mol. The van der Waals surface area contributed by atoms with Crippen molar-refractivity contribution < 1.29 is 95.6 Å². The fourth-order valence-electron chi connectivity index (χ4n) is 16.6. The molecule has 0 spiro atoms. The maximum atomic E-state index is 12.6. The van der Waals surface area contributed by atoms with Gasteiger partial charge in [-0.05, 0) is 148 Å². The number of carbonyl (C=O) groups excluding carboxylic acids is 4. The third kappa shape index (κ3) is 24.0. The molecule has 0 aliphatic heterocycles. The molecule has 0 amide bonds. The monoisotopic (exact) mass is 1730 g/mol. The number of hydrogen-bond donors (Lipinski definition) is 6. The normalized spacial score (nSPS) is 14.2. The number of esters is 4. The summed E-state index contributed by atoms with van der Waals surface area (Å²) in [5.41, 5.74) is 1.17. The predicted molar refractivity (Wildman–Crippen MR) is 480 cm³/mol. The second-order valence-corrected chi connectivity index (χ2v) is 32.0. The van der Waals surface area contributed by atoms with Crippen LogP contribution in [-0.2, 0) is 42.9 Å². The largest absolute Gasteiger partial charge is 0.507 e. The van der Waals surface area contributed by atoms with Crippen LogP contribution in [0.15, 0.2) is 258 Å². The number of fused-ring (bicyclic) bond motifs is 5. The first-order valence-corrected chi connectivity index (χ1v) is 43.0. The summed E-state index contributed by atoms with van der Waals surface area (Å²) in [5.74, 6) is -5.90. The topological polar surface area (TPSA) is 395 Å². The zero-order chi connectivity index (χ0) is 90.8. The number of para-hydroxylation sites is 5. The van der Waals surface area contributed by atoms with E-state index in [2.05, 4.69) is 0 Å². The summed E-state index contributed by atoms with van der Waals surface area (Å²) in [6, 6.07) is 61.3. The van der Waals surface area contributed by atoms with Gasteiger partial charge in [0.1, 0.15) is 56.7 Å². The van der Waals surface area contributed by atoms with E-state index in [4.69, 9.17) is 41.0 Å². The molecule has 15 rings (SSSR count). The van der Waals surface area contributed by atoms with Crippen LogP contribution in [0.4, 0.5) is 0 Å². The number of ether oxygens (including phenoxy) is 4. The van der Waals surface area contributed by atoms with Gasteiger partial charge in [0.25, 0.3) is 0 Å². The van der Waals surface area contributed by atoms with Crippen molar-refractivity contribution in [3.63, 3.8) is 0 Å². The first-order valence-electron chi connectivity index (χ1n) is 43.0. The molecule has 0 bridgehead atoms. The zero-order valence-corrected chi connectivity index (χ0v) is 71.8. The highest BCUT2D eigenvalue weighted by atomic mass is 16.6. The van der Waals surface area contributed by atoms with Crippen LogP contribution < -0.4 is 28.1 Å². The molecule has 6 N–H and O–H groups in total. The second-order valence-electron chi connectivity index (χ2n) is 32.0. The van der Waals surface area contributed by atoms with E-state index < -0.39 is 75.7 Å². The Morgan fingerprint density at radius 1 is 0.354 bits per heavy atom. The SMILES string of the molecule is CC(C)OC(=O)CC(c1ccccc1)c1c(O)c2ccccc2oc1=O.CCC(C)OC(=O)CC(c1ccccc1)c1c(O)c2ccccc2oc1=O.CCCCOC(=O)CC(c1ccccc1)c1c(O)c2ccccc2oc1=O.COC(=O)CC(c1c(O)c2ccccc2oc1=O)C1CCCCC1.O=C(O)CC(c1c(O)c2ccccc2oc1=O)C1CCCCC1. The minimum absolute atomic E-state index is 0.0512. The van der Waals surface area contributed by atoms with Crippen LogP contribution in [-0.4, -0.2) is 86.4 Å². The number of benzene rings is 8. The Bertz CT molecular complexity index is 6250. The molecule has 0 saturated heterocycles. The maximum absolute atomic E-state index is 12.6. The lowest BCUT2D eigenvalue weighted by Gasteiger charge is -2.29. The highest BCUT2D eigenvalue weighted by Gasteiger charge is 2.37. The van der Waals surface area contributed by atoms with Crippen LogP contribution in [0.2, 0.25) is 0 Å². The molecule has 127 heavy (non-hydrogen) atoms.